The zero-order valence-corrected chi connectivity index (χ0v) is 14.9. The molecule has 1 amide bonds. The molecule has 0 aromatic rings. The van der Waals surface area contributed by atoms with Crippen LogP contribution in [0.5, 0.6) is 0 Å². The molecule has 1 aliphatic rings. The molecule has 1 N–H and O–H groups in total. The van der Waals surface area contributed by atoms with Crippen molar-refractivity contribution in [1.82, 2.24) is 9.80 Å². The van der Waals surface area contributed by atoms with Gasteiger partial charge in [0, 0.05) is 25.7 Å². The molecule has 0 aliphatic carbocycles. The number of rotatable bonds is 5. The highest BCUT2D eigenvalue weighted by molar-refractivity contribution is 5.97. The molecule has 1 atom stereocenters. The number of piperidine rings is 1. The Labute approximate surface area is 134 Å². The molecule has 1 heterocycles. The third-order valence-electron chi connectivity index (χ3n) is 4.71. The zero-order chi connectivity index (χ0) is 17.1. The summed E-state index contributed by atoms with van der Waals surface area (Å²) in [6, 6.07) is 0.525. The lowest BCUT2D eigenvalue weighted by Crippen LogP contribution is -2.49. The van der Waals surface area contributed by atoms with Crippen molar-refractivity contribution >= 4 is 11.9 Å². The molecule has 0 aromatic carbocycles. The first kappa shape index (κ1) is 18.9. The van der Waals surface area contributed by atoms with Crippen LogP contribution in [-0.4, -0.2) is 59.5 Å². The van der Waals surface area contributed by atoms with E-state index in [1.54, 1.807) is 4.90 Å². The van der Waals surface area contributed by atoms with Crippen molar-refractivity contribution in [2.24, 2.45) is 17.3 Å². The Morgan fingerprint density at radius 1 is 1.23 bits per heavy atom. The van der Waals surface area contributed by atoms with Crippen molar-refractivity contribution in [3.05, 3.63) is 0 Å². The van der Waals surface area contributed by atoms with Gasteiger partial charge >= 0.3 is 5.97 Å². The Hall–Kier alpha value is -1.10. The molecule has 22 heavy (non-hydrogen) atoms. The number of carboxylic acid groups (broad SMARTS) is 1. The summed E-state index contributed by atoms with van der Waals surface area (Å²) in [6.07, 6.45) is 1.92. The van der Waals surface area contributed by atoms with Crippen molar-refractivity contribution in [3.63, 3.8) is 0 Å². The maximum Gasteiger partial charge on any atom is 0.316 e. The van der Waals surface area contributed by atoms with Crippen LogP contribution in [0, 0.1) is 17.3 Å². The number of likely N-dealkylation sites (tertiary alicyclic amines) is 1. The first-order chi connectivity index (χ1) is 10.0. The molecular weight excluding hydrogens is 280 g/mol. The van der Waals surface area contributed by atoms with Crippen LogP contribution in [0.25, 0.3) is 0 Å². The Bertz CT molecular complexity index is 393. The molecule has 5 heteroatoms. The first-order valence-corrected chi connectivity index (χ1v) is 8.26. The number of hydrogen-bond acceptors (Lipinski definition) is 3. The third kappa shape index (κ3) is 4.97. The van der Waals surface area contributed by atoms with Crippen molar-refractivity contribution in [1.29, 1.82) is 0 Å². The van der Waals surface area contributed by atoms with Gasteiger partial charge in [-0.25, -0.2) is 0 Å². The number of carboxylic acids is 1. The van der Waals surface area contributed by atoms with Crippen LogP contribution in [0.15, 0.2) is 0 Å². The van der Waals surface area contributed by atoms with Crippen LogP contribution in [0.4, 0.5) is 0 Å². The minimum Gasteiger partial charge on any atom is -0.481 e. The first-order valence-electron chi connectivity index (χ1n) is 8.26. The maximum absolute atomic E-state index is 12.6. The molecule has 0 unspecified atom stereocenters. The standard InChI is InChI=1S/C17H32N2O3/c1-12(2)18(6)11-13-7-9-19(10-8-13)15(20)14(16(21)22)17(3,4)5/h12-14H,7-11H2,1-6H3,(H,21,22)/t14-/m0/s1. The van der Waals surface area contributed by atoms with Crippen LogP contribution in [0.2, 0.25) is 0 Å². The molecule has 1 aliphatic heterocycles. The summed E-state index contributed by atoms with van der Waals surface area (Å²) in [7, 11) is 2.13. The van der Waals surface area contributed by atoms with E-state index in [0.717, 1.165) is 19.4 Å². The monoisotopic (exact) mass is 312 g/mol. The lowest BCUT2D eigenvalue weighted by molar-refractivity contribution is -0.156. The maximum atomic E-state index is 12.6. The molecule has 0 bridgehead atoms. The van der Waals surface area contributed by atoms with Crippen LogP contribution in [0.3, 0.4) is 0 Å². The average molecular weight is 312 g/mol. The number of aliphatic carboxylic acids is 1. The number of carbonyl (C=O) groups excluding carboxylic acids is 1. The van der Waals surface area contributed by atoms with E-state index in [-0.39, 0.29) is 5.91 Å². The lowest BCUT2D eigenvalue weighted by Gasteiger charge is -2.37. The Kier molecular flexibility index (Phi) is 6.41. The largest absolute Gasteiger partial charge is 0.481 e. The van der Waals surface area contributed by atoms with E-state index in [1.807, 2.05) is 20.8 Å². The Morgan fingerprint density at radius 3 is 2.09 bits per heavy atom. The lowest BCUT2D eigenvalue weighted by atomic mass is 9.79. The zero-order valence-electron chi connectivity index (χ0n) is 14.9. The number of carbonyl (C=O) groups is 2. The van der Waals surface area contributed by atoms with Gasteiger partial charge in [-0.1, -0.05) is 20.8 Å². The molecule has 1 rings (SSSR count). The second-order valence-electron chi connectivity index (χ2n) is 7.94. The highest BCUT2D eigenvalue weighted by Crippen LogP contribution is 2.30. The molecule has 0 spiro atoms. The molecule has 0 radical (unpaired) electrons. The average Bonchev–Trinajstić information content (AvgIpc) is 2.37. The molecule has 0 aromatic heterocycles. The fourth-order valence-corrected chi connectivity index (χ4v) is 2.98. The van der Waals surface area contributed by atoms with E-state index in [9.17, 15) is 14.7 Å². The van der Waals surface area contributed by atoms with Gasteiger partial charge in [0.15, 0.2) is 0 Å². The van der Waals surface area contributed by atoms with E-state index in [0.29, 0.717) is 25.0 Å². The second kappa shape index (κ2) is 7.44. The van der Waals surface area contributed by atoms with Gasteiger partial charge in [0.1, 0.15) is 5.92 Å². The molecule has 128 valence electrons. The smallest absolute Gasteiger partial charge is 0.316 e. The Balaban J connectivity index is 2.60. The summed E-state index contributed by atoms with van der Waals surface area (Å²) in [5.41, 5.74) is -0.558. The van der Waals surface area contributed by atoms with Crippen molar-refractivity contribution in [3.8, 4) is 0 Å². The third-order valence-corrected chi connectivity index (χ3v) is 4.71. The predicted molar refractivity (Wildman–Crippen MR) is 87.7 cm³/mol. The number of nitrogens with zero attached hydrogens (tertiary/aromatic N) is 2. The summed E-state index contributed by atoms with van der Waals surface area (Å²) in [4.78, 5) is 28.1. The minimum absolute atomic E-state index is 0.226. The number of hydrogen-bond donors (Lipinski definition) is 1. The summed E-state index contributed by atoms with van der Waals surface area (Å²) in [5, 5.41) is 9.39. The topological polar surface area (TPSA) is 60.9 Å². The van der Waals surface area contributed by atoms with Crippen LogP contribution in [-0.2, 0) is 9.59 Å². The minimum atomic E-state index is -1.01. The van der Waals surface area contributed by atoms with E-state index >= 15 is 0 Å². The van der Waals surface area contributed by atoms with Crippen molar-refractivity contribution < 1.29 is 14.7 Å². The Morgan fingerprint density at radius 2 is 1.73 bits per heavy atom. The van der Waals surface area contributed by atoms with Gasteiger partial charge < -0.3 is 14.9 Å². The highest BCUT2D eigenvalue weighted by Gasteiger charge is 2.40. The van der Waals surface area contributed by atoms with Gasteiger partial charge in [-0.15, -0.1) is 0 Å². The van der Waals surface area contributed by atoms with Gasteiger partial charge in [-0.05, 0) is 45.1 Å². The van der Waals surface area contributed by atoms with Gasteiger partial charge in [-0.2, -0.15) is 0 Å². The van der Waals surface area contributed by atoms with Gasteiger partial charge in [0.05, 0.1) is 0 Å². The second-order valence-corrected chi connectivity index (χ2v) is 7.94. The molecular formula is C17H32N2O3. The van der Waals surface area contributed by atoms with Crippen LogP contribution in [0.1, 0.15) is 47.5 Å². The van der Waals surface area contributed by atoms with Gasteiger partial charge in [0.25, 0.3) is 0 Å². The molecule has 5 nitrogen and oxygen atoms in total. The van der Waals surface area contributed by atoms with E-state index < -0.39 is 17.3 Å². The van der Waals surface area contributed by atoms with E-state index in [2.05, 4.69) is 25.8 Å². The van der Waals surface area contributed by atoms with Crippen molar-refractivity contribution in [2.45, 2.75) is 53.5 Å². The predicted octanol–water partition coefficient (Wildman–Crippen LogP) is 2.31. The molecule has 0 saturated carbocycles. The van der Waals surface area contributed by atoms with E-state index in [4.69, 9.17) is 0 Å². The van der Waals surface area contributed by atoms with Gasteiger partial charge in [0.2, 0.25) is 5.91 Å². The fraction of sp³-hybridized carbons (Fsp3) is 0.882. The summed E-state index contributed by atoms with van der Waals surface area (Å²) < 4.78 is 0. The van der Waals surface area contributed by atoms with Crippen molar-refractivity contribution in [2.75, 3.05) is 26.7 Å². The summed E-state index contributed by atoms with van der Waals surface area (Å²) in [5.74, 6) is -1.61. The summed E-state index contributed by atoms with van der Waals surface area (Å²) >= 11 is 0. The SMILES string of the molecule is CC(C)N(C)CC1CCN(C(=O)[C@@H](C(=O)O)C(C)(C)C)CC1. The normalized spacial score (nSPS) is 18.8. The van der Waals surface area contributed by atoms with Gasteiger partial charge in [-0.3, -0.25) is 9.59 Å². The summed E-state index contributed by atoms with van der Waals surface area (Å²) in [6.45, 7) is 12.2. The van der Waals surface area contributed by atoms with E-state index in [1.165, 1.54) is 0 Å². The molecule has 1 saturated heterocycles. The van der Waals surface area contributed by atoms with Crippen LogP contribution >= 0.6 is 0 Å². The highest BCUT2D eigenvalue weighted by atomic mass is 16.4. The fourth-order valence-electron chi connectivity index (χ4n) is 2.98. The molecule has 1 fully saturated rings. The quantitative estimate of drug-likeness (QED) is 0.791. The number of amides is 1. The van der Waals surface area contributed by atoms with Crippen LogP contribution < -0.4 is 0 Å².